The third kappa shape index (κ3) is 3.24. The standard InChI is InChI=1S/C10H18O2/c1-2-3-4-5-9-6-7-10(11)12-8-9/h9H,2-8H2,1H3. The molecule has 0 aliphatic carbocycles. The molecule has 1 atom stereocenters. The third-order valence-electron chi connectivity index (χ3n) is 2.45. The summed E-state index contributed by atoms with van der Waals surface area (Å²) in [5, 5.41) is 0. The van der Waals surface area contributed by atoms with E-state index in [4.69, 9.17) is 4.74 Å². The minimum absolute atomic E-state index is 0.0123. The van der Waals surface area contributed by atoms with E-state index in [1.807, 2.05) is 0 Å². The van der Waals surface area contributed by atoms with Crippen LogP contribution in [0, 0.1) is 5.92 Å². The molecule has 2 nitrogen and oxygen atoms in total. The van der Waals surface area contributed by atoms with Crippen LogP contribution in [0.1, 0.15) is 45.4 Å². The minimum Gasteiger partial charge on any atom is -0.465 e. The van der Waals surface area contributed by atoms with E-state index >= 15 is 0 Å². The van der Waals surface area contributed by atoms with Crippen molar-refractivity contribution in [3.05, 3.63) is 0 Å². The van der Waals surface area contributed by atoms with E-state index in [0.29, 0.717) is 18.9 Å². The van der Waals surface area contributed by atoms with Gasteiger partial charge in [0, 0.05) is 6.42 Å². The Kier molecular flexibility index (Phi) is 4.12. The van der Waals surface area contributed by atoms with Gasteiger partial charge < -0.3 is 4.74 Å². The Balaban J connectivity index is 2.05. The Hall–Kier alpha value is -0.530. The fourth-order valence-electron chi connectivity index (χ4n) is 1.60. The Bertz CT molecular complexity index is 133. The van der Waals surface area contributed by atoms with Gasteiger partial charge >= 0.3 is 5.97 Å². The highest BCUT2D eigenvalue weighted by atomic mass is 16.5. The zero-order chi connectivity index (χ0) is 8.81. The SMILES string of the molecule is CCCCCC1CCC(=O)OC1. The second-order valence-electron chi connectivity index (χ2n) is 3.58. The first-order valence-corrected chi connectivity index (χ1v) is 4.98. The van der Waals surface area contributed by atoms with Crippen LogP contribution < -0.4 is 0 Å². The summed E-state index contributed by atoms with van der Waals surface area (Å²) in [7, 11) is 0. The molecule has 2 heteroatoms. The molecule has 1 unspecified atom stereocenters. The van der Waals surface area contributed by atoms with Gasteiger partial charge in [0.2, 0.25) is 0 Å². The van der Waals surface area contributed by atoms with Crippen molar-refractivity contribution in [3.8, 4) is 0 Å². The van der Waals surface area contributed by atoms with E-state index in [2.05, 4.69) is 6.92 Å². The Labute approximate surface area is 74.3 Å². The maximum atomic E-state index is 10.7. The average molecular weight is 170 g/mol. The van der Waals surface area contributed by atoms with Crippen molar-refractivity contribution >= 4 is 5.97 Å². The Morgan fingerprint density at radius 3 is 2.92 bits per heavy atom. The van der Waals surface area contributed by atoms with Gasteiger partial charge in [0.1, 0.15) is 0 Å². The van der Waals surface area contributed by atoms with E-state index in [0.717, 1.165) is 6.42 Å². The average Bonchev–Trinajstić information content (AvgIpc) is 2.09. The highest BCUT2D eigenvalue weighted by molar-refractivity contribution is 5.69. The molecule has 1 fully saturated rings. The molecule has 0 spiro atoms. The lowest BCUT2D eigenvalue weighted by atomic mass is 9.95. The van der Waals surface area contributed by atoms with Gasteiger partial charge in [-0.1, -0.05) is 26.2 Å². The molecule has 1 aliphatic rings. The molecule has 0 N–H and O–H groups in total. The van der Waals surface area contributed by atoms with Crippen molar-refractivity contribution in [2.75, 3.05) is 6.61 Å². The summed E-state index contributed by atoms with van der Waals surface area (Å²) in [4.78, 5) is 10.7. The molecule has 0 radical (unpaired) electrons. The number of hydrogen-bond donors (Lipinski definition) is 0. The molecule has 0 bridgehead atoms. The molecule has 0 aromatic carbocycles. The molecule has 0 aromatic heterocycles. The van der Waals surface area contributed by atoms with Gasteiger partial charge in [0.15, 0.2) is 0 Å². The van der Waals surface area contributed by atoms with Gasteiger partial charge in [0.05, 0.1) is 6.61 Å². The molecule has 1 heterocycles. The Morgan fingerprint density at radius 1 is 1.50 bits per heavy atom. The van der Waals surface area contributed by atoms with Crippen molar-refractivity contribution in [1.82, 2.24) is 0 Å². The van der Waals surface area contributed by atoms with E-state index in [-0.39, 0.29) is 5.97 Å². The summed E-state index contributed by atoms with van der Waals surface area (Å²) >= 11 is 0. The maximum Gasteiger partial charge on any atom is 0.305 e. The maximum absolute atomic E-state index is 10.7. The lowest BCUT2D eigenvalue weighted by Crippen LogP contribution is -2.21. The first-order chi connectivity index (χ1) is 5.83. The number of cyclic esters (lactones) is 1. The zero-order valence-electron chi connectivity index (χ0n) is 7.84. The lowest BCUT2D eigenvalue weighted by Gasteiger charge is -2.21. The van der Waals surface area contributed by atoms with Gasteiger partial charge in [-0.05, 0) is 18.8 Å². The zero-order valence-corrected chi connectivity index (χ0v) is 7.84. The summed E-state index contributed by atoms with van der Waals surface area (Å²) in [6, 6.07) is 0. The van der Waals surface area contributed by atoms with Gasteiger partial charge in [-0.2, -0.15) is 0 Å². The first-order valence-electron chi connectivity index (χ1n) is 4.98. The van der Waals surface area contributed by atoms with E-state index in [9.17, 15) is 4.79 Å². The summed E-state index contributed by atoms with van der Waals surface area (Å²) in [6.45, 7) is 2.88. The highest BCUT2D eigenvalue weighted by Gasteiger charge is 2.18. The van der Waals surface area contributed by atoms with Crippen LogP contribution >= 0.6 is 0 Å². The molecule has 0 aromatic rings. The van der Waals surface area contributed by atoms with Gasteiger partial charge in [-0.3, -0.25) is 4.79 Å². The molecule has 70 valence electrons. The monoisotopic (exact) mass is 170 g/mol. The Morgan fingerprint density at radius 2 is 2.33 bits per heavy atom. The first kappa shape index (κ1) is 9.56. The third-order valence-corrected chi connectivity index (χ3v) is 2.45. The molecule has 1 rings (SSSR count). The van der Waals surface area contributed by atoms with E-state index < -0.39 is 0 Å². The second kappa shape index (κ2) is 5.18. The van der Waals surface area contributed by atoms with Crippen LogP contribution in [0.2, 0.25) is 0 Å². The number of esters is 1. The van der Waals surface area contributed by atoms with Crippen molar-refractivity contribution in [3.63, 3.8) is 0 Å². The predicted octanol–water partition coefficient (Wildman–Crippen LogP) is 2.52. The number of carbonyl (C=O) groups is 1. The number of hydrogen-bond acceptors (Lipinski definition) is 2. The summed E-state index contributed by atoms with van der Waals surface area (Å²) < 4.78 is 4.98. The molecule has 12 heavy (non-hydrogen) atoms. The van der Waals surface area contributed by atoms with Crippen LogP contribution in [0.15, 0.2) is 0 Å². The molecule has 1 saturated heterocycles. The summed E-state index contributed by atoms with van der Waals surface area (Å²) in [5.41, 5.74) is 0. The molecule has 1 aliphatic heterocycles. The number of ether oxygens (including phenoxy) is 1. The smallest absolute Gasteiger partial charge is 0.305 e. The van der Waals surface area contributed by atoms with Crippen molar-refractivity contribution in [2.24, 2.45) is 5.92 Å². The van der Waals surface area contributed by atoms with Crippen LogP contribution in [0.25, 0.3) is 0 Å². The summed E-state index contributed by atoms with van der Waals surface area (Å²) in [6.07, 6.45) is 6.79. The highest BCUT2D eigenvalue weighted by Crippen LogP contribution is 2.20. The second-order valence-corrected chi connectivity index (χ2v) is 3.58. The van der Waals surface area contributed by atoms with Crippen LogP contribution in [0.4, 0.5) is 0 Å². The normalized spacial score (nSPS) is 23.8. The van der Waals surface area contributed by atoms with Crippen molar-refractivity contribution in [2.45, 2.75) is 45.4 Å². The topological polar surface area (TPSA) is 26.3 Å². The predicted molar refractivity (Wildman–Crippen MR) is 47.8 cm³/mol. The van der Waals surface area contributed by atoms with Crippen LogP contribution in [-0.4, -0.2) is 12.6 Å². The molecule has 0 saturated carbocycles. The van der Waals surface area contributed by atoms with E-state index in [1.54, 1.807) is 0 Å². The van der Waals surface area contributed by atoms with Gasteiger partial charge in [-0.25, -0.2) is 0 Å². The lowest BCUT2D eigenvalue weighted by molar-refractivity contribution is -0.149. The molecule has 0 amide bonds. The molecular weight excluding hydrogens is 152 g/mol. The quantitative estimate of drug-likeness (QED) is 0.478. The van der Waals surface area contributed by atoms with E-state index in [1.165, 1.54) is 25.7 Å². The van der Waals surface area contributed by atoms with Gasteiger partial charge in [-0.15, -0.1) is 0 Å². The largest absolute Gasteiger partial charge is 0.465 e. The number of unbranched alkanes of at least 4 members (excludes halogenated alkanes) is 2. The fraction of sp³-hybridized carbons (Fsp3) is 0.900. The number of rotatable bonds is 4. The van der Waals surface area contributed by atoms with Crippen molar-refractivity contribution in [1.29, 1.82) is 0 Å². The summed E-state index contributed by atoms with van der Waals surface area (Å²) in [5.74, 6) is 0.635. The van der Waals surface area contributed by atoms with Crippen LogP contribution in [0.5, 0.6) is 0 Å². The number of carbonyl (C=O) groups excluding carboxylic acids is 1. The van der Waals surface area contributed by atoms with Crippen LogP contribution in [0.3, 0.4) is 0 Å². The minimum atomic E-state index is -0.0123. The van der Waals surface area contributed by atoms with Gasteiger partial charge in [0.25, 0.3) is 0 Å². The van der Waals surface area contributed by atoms with Crippen molar-refractivity contribution < 1.29 is 9.53 Å². The fourth-order valence-corrected chi connectivity index (χ4v) is 1.60. The molecular formula is C10H18O2. The van der Waals surface area contributed by atoms with Crippen LogP contribution in [-0.2, 0) is 9.53 Å².